The van der Waals surface area contributed by atoms with Crippen LogP contribution in [0.25, 0.3) is 6.08 Å². The van der Waals surface area contributed by atoms with E-state index >= 15 is 0 Å². The van der Waals surface area contributed by atoms with Crippen molar-refractivity contribution in [2.24, 2.45) is 4.99 Å². The van der Waals surface area contributed by atoms with Crippen molar-refractivity contribution in [1.29, 1.82) is 0 Å². The van der Waals surface area contributed by atoms with Gasteiger partial charge in [0.1, 0.15) is 0 Å². The van der Waals surface area contributed by atoms with Gasteiger partial charge in [-0.05, 0) is 54.6 Å². The standard InChI is InChI=1S/C24H27N3O2S/c1-4-29-18-17-27-23(28)22(30-24(27)25-20-10-6-5-7-11-20)12-8-9-19-13-15-21(16-14-19)26(2)3/h5-16H,4,17-18H2,1-3H3/b9-8+,22-12-,25-24?. The van der Waals surface area contributed by atoms with Crippen LogP contribution in [-0.4, -0.2) is 49.8 Å². The van der Waals surface area contributed by atoms with Crippen molar-refractivity contribution in [3.8, 4) is 0 Å². The lowest BCUT2D eigenvalue weighted by atomic mass is 10.2. The number of anilines is 1. The largest absolute Gasteiger partial charge is 0.380 e. The van der Waals surface area contributed by atoms with E-state index < -0.39 is 0 Å². The Labute approximate surface area is 182 Å². The first-order valence-corrected chi connectivity index (χ1v) is 10.8. The molecule has 1 heterocycles. The number of allylic oxidation sites excluding steroid dienone is 2. The minimum absolute atomic E-state index is 0.0398. The third kappa shape index (κ3) is 5.84. The highest BCUT2D eigenvalue weighted by Gasteiger charge is 2.32. The lowest BCUT2D eigenvalue weighted by molar-refractivity contribution is -0.122. The average molecular weight is 422 g/mol. The minimum atomic E-state index is -0.0398. The molecule has 0 atom stereocenters. The van der Waals surface area contributed by atoms with Crippen LogP contribution in [0.3, 0.4) is 0 Å². The molecule has 6 heteroatoms. The number of ether oxygens (including phenoxy) is 1. The van der Waals surface area contributed by atoms with Crippen molar-refractivity contribution in [3.63, 3.8) is 0 Å². The number of rotatable bonds is 8. The van der Waals surface area contributed by atoms with E-state index in [-0.39, 0.29) is 5.91 Å². The predicted molar refractivity (Wildman–Crippen MR) is 127 cm³/mol. The van der Waals surface area contributed by atoms with Gasteiger partial charge in [-0.25, -0.2) is 4.99 Å². The Morgan fingerprint density at radius 3 is 2.50 bits per heavy atom. The van der Waals surface area contributed by atoms with Gasteiger partial charge in [-0.15, -0.1) is 0 Å². The van der Waals surface area contributed by atoms with Crippen LogP contribution >= 0.6 is 11.8 Å². The summed E-state index contributed by atoms with van der Waals surface area (Å²) in [5, 5.41) is 0.681. The van der Waals surface area contributed by atoms with Crippen molar-refractivity contribution in [2.75, 3.05) is 38.8 Å². The van der Waals surface area contributed by atoms with Gasteiger partial charge in [0.05, 0.1) is 23.7 Å². The maximum Gasteiger partial charge on any atom is 0.266 e. The van der Waals surface area contributed by atoms with E-state index in [0.717, 1.165) is 16.9 Å². The second kappa shape index (κ2) is 10.8. The maximum absolute atomic E-state index is 12.9. The van der Waals surface area contributed by atoms with Crippen molar-refractivity contribution in [1.82, 2.24) is 4.90 Å². The zero-order chi connectivity index (χ0) is 21.3. The van der Waals surface area contributed by atoms with Crippen LogP contribution in [0.4, 0.5) is 11.4 Å². The zero-order valence-corrected chi connectivity index (χ0v) is 18.4. The highest BCUT2D eigenvalue weighted by Crippen LogP contribution is 2.32. The molecule has 156 valence electrons. The van der Waals surface area contributed by atoms with Crippen molar-refractivity contribution < 1.29 is 9.53 Å². The van der Waals surface area contributed by atoms with E-state index in [1.807, 2.05) is 69.6 Å². The Morgan fingerprint density at radius 1 is 1.10 bits per heavy atom. The molecular formula is C24H27N3O2S. The van der Waals surface area contributed by atoms with E-state index in [0.29, 0.717) is 29.8 Å². The molecule has 0 saturated carbocycles. The first-order chi connectivity index (χ1) is 14.6. The molecule has 1 amide bonds. The van der Waals surface area contributed by atoms with Crippen molar-refractivity contribution >= 4 is 40.3 Å². The van der Waals surface area contributed by atoms with E-state index in [9.17, 15) is 4.79 Å². The molecule has 5 nitrogen and oxygen atoms in total. The number of aliphatic imine (C=N–C) groups is 1. The van der Waals surface area contributed by atoms with Crippen molar-refractivity contribution in [2.45, 2.75) is 6.92 Å². The van der Waals surface area contributed by atoms with Gasteiger partial charge in [-0.2, -0.15) is 0 Å². The summed E-state index contributed by atoms with van der Waals surface area (Å²) >= 11 is 1.40. The highest BCUT2D eigenvalue weighted by molar-refractivity contribution is 8.18. The SMILES string of the molecule is CCOCCN1C(=O)/C(=C/C=C/c2ccc(N(C)C)cc2)SC1=Nc1ccccc1. The van der Waals surface area contributed by atoms with Crippen LogP contribution in [-0.2, 0) is 9.53 Å². The van der Waals surface area contributed by atoms with Crippen LogP contribution in [0.2, 0.25) is 0 Å². The van der Waals surface area contributed by atoms with E-state index in [4.69, 9.17) is 4.74 Å². The molecule has 0 bridgehead atoms. The second-order valence-corrected chi connectivity index (χ2v) is 7.87. The highest BCUT2D eigenvalue weighted by atomic mass is 32.2. The van der Waals surface area contributed by atoms with Crippen LogP contribution in [0.1, 0.15) is 12.5 Å². The third-order valence-corrected chi connectivity index (χ3v) is 5.50. The quantitative estimate of drug-likeness (QED) is 0.447. The number of hydrogen-bond donors (Lipinski definition) is 0. The fourth-order valence-corrected chi connectivity index (χ4v) is 3.82. The first-order valence-electron chi connectivity index (χ1n) is 9.95. The lowest BCUT2D eigenvalue weighted by Crippen LogP contribution is -2.32. The molecule has 1 saturated heterocycles. The number of thioether (sulfide) groups is 1. The zero-order valence-electron chi connectivity index (χ0n) is 17.6. The molecule has 0 aromatic heterocycles. The van der Waals surface area contributed by atoms with Crippen LogP contribution in [0, 0.1) is 0 Å². The summed E-state index contributed by atoms with van der Waals surface area (Å²) in [6.07, 6.45) is 5.77. The summed E-state index contributed by atoms with van der Waals surface area (Å²) in [7, 11) is 4.04. The predicted octanol–water partition coefficient (Wildman–Crippen LogP) is 4.95. The van der Waals surface area contributed by atoms with Gasteiger partial charge in [0, 0.05) is 26.4 Å². The molecule has 2 aromatic rings. The summed E-state index contributed by atoms with van der Waals surface area (Å²) in [6.45, 7) is 3.54. The summed E-state index contributed by atoms with van der Waals surface area (Å²) in [6, 6.07) is 17.9. The smallest absolute Gasteiger partial charge is 0.266 e. The number of amidine groups is 1. The number of para-hydroxylation sites is 1. The number of nitrogens with zero attached hydrogens (tertiary/aromatic N) is 3. The van der Waals surface area contributed by atoms with E-state index in [2.05, 4.69) is 34.2 Å². The molecule has 0 spiro atoms. The van der Waals surface area contributed by atoms with Gasteiger partial charge in [0.15, 0.2) is 5.17 Å². The van der Waals surface area contributed by atoms with Gasteiger partial charge >= 0.3 is 0 Å². The summed E-state index contributed by atoms with van der Waals surface area (Å²) < 4.78 is 5.45. The van der Waals surface area contributed by atoms with Gasteiger partial charge in [-0.1, -0.05) is 42.5 Å². The molecule has 0 unspecified atom stereocenters. The summed E-state index contributed by atoms with van der Waals surface area (Å²) in [5.41, 5.74) is 3.06. The molecule has 1 fully saturated rings. The average Bonchev–Trinajstić information content (AvgIpc) is 3.04. The second-order valence-electron chi connectivity index (χ2n) is 6.86. The Kier molecular flexibility index (Phi) is 7.88. The number of carbonyl (C=O) groups is 1. The van der Waals surface area contributed by atoms with Crippen LogP contribution < -0.4 is 4.90 Å². The number of hydrogen-bond acceptors (Lipinski definition) is 5. The molecule has 0 radical (unpaired) electrons. The van der Waals surface area contributed by atoms with Gasteiger partial charge in [0.2, 0.25) is 0 Å². The fraction of sp³-hybridized carbons (Fsp3) is 0.250. The lowest BCUT2D eigenvalue weighted by Gasteiger charge is -2.15. The molecule has 0 N–H and O–H groups in total. The minimum Gasteiger partial charge on any atom is -0.380 e. The fourth-order valence-electron chi connectivity index (χ4n) is 2.85. The van der Waals surface area contributed by atoms with Crippen molar-refractivity contribution in [3.05, 3.63) is 77.2 Å². The Balaban J connectivity index is 1.77. The normalized spacial score (nSPS) is 16.9. The Bertz CT molecular complexity index is 935. The van der Waals surface area contributed by atoms with Gasteiger partial charge in [-0.3, -0.25) is 9.69 Å². The number of amides is 1. The van der Waals surface area contributed by atoms with Gasteiger partial charge in [0.25, 0.3) is 5.91 Å². The molecule has 30 heavy (non-hydrogen) atoms. The number of benzene rings is 2. The Morgan fingerprint density at radius 2 is 1.83 bits per heavy atom. The molecule has 1 aliphatic heterocycles. The number of carbonyl (C=O) groups excluding carboxylic acids is 1. The maximum atomic E-state index is 12.9. The van der Waals surface area contributed by atoms with Crippen LogP contribution in [0.5, 0.6) is 0 Å². The molecule has 1 aliphatic rings. The Hall–Kier alpha value is -2.83. The monoisotopic (exact) mass is 421 g/mol. The molecular weight excluding hydrogens is 394 g/mol. The van der Waals surface area contributed by atoms with E-state index in [1.54, 1.807) is 4.90 Å². The summed E-state index contributed by atoms with van der Waals surface area (Å²) in [4.78, 5) is 22.0. The van der Waals surface area contributed by atoms with Crippen LogP contribution in [0.15, 0.2) is 76.6 Å². The summed E-state index contributed by atoms with van der Waals surface area (Å²) in [5.74, 6) is -0.0398. The molecule has 3 rings (SSSR count). The topological polar surface area (TPSA) is 45.1 Å². The van der Waals surface area contributed by atoms with Gasteiger partial charge < -0.3 is 9.64 Å². The molecule has 0 aliphatic carbocycles. The third-order valence-electron chi connectivity index (χ3n) is 4.48. The van der Waals surface area contributed by atoms with E-state index in [1.165, 1.54) is 11.8 Å². The first kappa shape index (κ1) is 21.9. The molecule has 2 aromatic carbocycles.